The Balaban J connectivity index is 2.34. The van der Waals surface area contributed by atoms with Crippen molar-refractivity contribution in [3.63, 3.8) is 0 Å². The van der Waals surface area contributed by atoms with Crippen molar-refractivity contribution in [2.24, 2.45) is 0 Å². The monoisotopic (exact) mass is 307 g/mol. The lowest BCUT2D eigenvalue weighted by Crippen LogP contribution is -2.16. The van der Waals surface area contributed by atoms with Crippen molar-refractivity contribution in [2.75, 3.05) is 5.32 Å². The second kappa shape index (κ2) is 5.12. The van der Waals surface area contributed by atoms with Gasteiger partial charge in [0.05, 0.1) is 16.0 Å². The Morgan fingerprint density at radius 1 is 1.35 bits per heavy atom. The molecule has 1 aromatic heterocycles. The van der Waals surface area contributed by atoms with Gasteiger partial charge in [-0.15, -0.1) is 17.7 Å². The number of alkyl halides is 3. The van der Waals surface area contributed by atoms with Gasteiger partial charge in [-0.3, -0.25) is 10.1 Å². The van der Waals surface area contributed by atoms with Crippen LogP contribution in [0, 0.1) is 5.82 Å². The number of nitrogens with zero attached hydrogens (tertiary/aromatic N) is 2. The van der Waals surface area contributed by atoms with Gasteiger partial charge in [-0.2, -0.15) is 13.2 Å². The molecule has 0 spiro atoms. The maximum atomic E-state index is 13.8. The van der Waals surface area contributed by atoms with Crippen LogP contribution in [0.4, 0.5) is 23.6 Å². The predicted octanol–water partition coefficient (Wildman–Crippen LogP) is 2.77. The molecule has 0 aliphatic heterocycles. The number of hydrogen-bond acceptors (Lipinski definition) is 5. The van der Waals surface area contributed by atoms with Crippen molar-refractivity contribution in [2.45, 2.75) is 11.1 Å². The zero-order valence-corrected chi connectivity index (χ0v) is 10.3. The molecule has 0 aliphatic rings. The zero-order chi connectivity index (χ0) is 14.9. The van der Waals surface area contributed by atoms with Crippen molar-refractivity contribution in [1.82, 2.24) is 10.2 Å². The van der Waals surface area contributed by atoms with E-state index in [1.165, 1.54) is 0 Å². The van der Waals surface area contributed by atoms with Gasteiger partial charge in [0.15, 0.2) is 0 Å². The van der Waals surface area contributed by atoms with Crippen LogP contribution in [0.2, 0.25) is 0 Å². The molecule has 2 aromatic rings. The fourth-order valence-electron chi connectivity index (χ4n) is 1.36. The molecular weight excluding hydrogens is 302 g/mol. The molecule has 1 aromatic carbocycles. The van der Waals surface area contributed by atoms with E-state index in [-0.39, 0.29) is 6.01 Å². The molecule has 1 heterocycles. The van der Waals surface area contributed by atoms with E-state index in [1.54, 1.807) is 0 Å². The highest BCUT2D eigenvalue weighted by atomic mass is 32.1. The number of benzene rings is 1. The second-order valence-electron chi connectivity index (χ2n) is 3.52. The van der Waals surface area contributed by atoms with E-state index >= 15 is 0 Å². The van der Waals surface area contributed by atoms with E-state index in [0.29, 0.717) is 12.1 Å². The Kier molecular flexibility index (Phi) is 3.66. The van der Waals surface area contributed by atoms with Crippen molar-refractivity contribution >= 4 is 24.6 Å². The Bertz CT molecular complexity index is 643. The van der Waals surface area contributed by atoms with E-state index < -0.39 is 33.9 Å². The van der Waals surface area contributed by atoms with E-state index in [0.717, 1.165) is 6.39 Å². The molecule has 10 heteroatoms. The van der Waals surface area contributed by atoms with Crippen molar-refractivity contribution < 1.29 is 26.8 Å². The van der Waals surface area contributed by atoms with Crippen LogP contribution in [0.1, 0.15) is 15.9 Å². The standard InChI is InChI=1S/C10H5F4N3O2S/c11-6-4(8(18)16-9-17-15-3-19-9)1-2-5(7(6)20)10(12,13)14/h1-3,20H,(H,16,17,18). The van der Waals surface area contributed by atoms with E-state index in [2.05, 4.69) is 27.2 Å². The predicted molar refractivity (Wildman–Crippen MR) is 60.9 cm³/mol. The zero-order valence-electron chi connectivity index (χ0n) is 9.40. The molecule has 0 unspecified atom stereocenters. The molecule has 106 valence electrons. The van der Waals surface area contributed by atoms with Gasteiger partial charge in [0.2, 0.25) is 6.39 Å². The number of amides is 1. The van der Waals surface area contributed by atoms with Crippen molar-refractivity contribution in [1.29, 1.82) is 0 Å². The van der Waals surface area contributed by atoms with E-state index in [1.807, 2.05) is 5.32 Å². The summed E-state index contributed by atoms with van der Waals surface area (Å²) in [7, 11) is 0. The van der Waals surface area contributed by atoms with Gasteiger partial charge in [-0.25, -0.2) is 4.39 Å². The smallest absolute Gasteiger partial charge is 0.411 e. The number of carbonyl (C=O) groups excluding carboxylic acids is 1. The number of thiol groups is 1. The molecular formula is C10H5F4N3O2S. The summed E-state index contributed by atoms with van der Waals surface area (Å²) < 4.78 is 55.9. The summed E-state index contributed by atoms with van der Waals surface area (Å²) in [6, 6.07) is 0.951. The van der Waals surface area contributed by atoms with Crippen LogP contribution in [0.15, 0.2) is 27.8 Å². The third kappa shape index (κ3) is 2.74. The lowest BCUT2D eigenvalue weighted by molar-refractivity contribution is -0.140. The summed E-state index contributed by atoms with van der Waals surface area (Å²) in [5.41, 5.74) is -1.89. The molecule has 0 saturated heterocycles. The minimum Gasteiger partial charge on any atom is -0.411 e. The molecule has 0 fully saturated rings. The van der Waals surface area contributed by atoms with Gasteiger partial charge >= 0.3 is 12.2 Å². The summed E-state index contributed by atoms with van der Waals surface area (Å²) >= 11 is 3.46. The second-order valence-corrected chi connectivity index (χ2v) is 3.97. The highest BCUT2D eigenvalue weighted by Gasteiger charge is 2.35. The number of nitrogens with one attached hydrogen (secondary N) is 1. The van der Waals surface area contributed by atoms with Crippen LogP contribution in [-0.2, 0) is 6.18 Å². The SMILES string of the molecule is O=C(Nc1nnco1)c1ccc(C(F)(F)F)c(S)c1F. The summed E-state index contributed by atoms with van der Waals surface area (Å²) in [5.74, 6) is -2.42. The number of hydrogen-bond donors (Lipinski definition) is 2. The Hall–Kier alpha value is -2.10. The Morgan fingerprint density at radius 2 is 2.05 bits per heavy atom. The van der Waals surface area contributed by atoms with Gasteiger partial charge in [0, 0.05) is 0 Å². The topological polar surface area (TPSA) is 68.0 Å². The third-order valence-corrected chi connectivity index (χ3v) is 2.68. The molecule has 0 atom stereocenters. The highest BCUT2D eigenvalue weighted by Crippen LogP contribution is 2.35. The first-order valence-electron chi connectivity index (χ1n) is 4.97. The van der Waals surface area contributed by atoms with Crippen LogP contribution < -0.4 is 5.32 Å². The number of halogens is 4. The third-order valence-electron chi connectivity index (χ3n) is 2.25. The molecule has 2 rings (SSSR count). The fourth-order valence-corrected chi connectivity index (χ4v) is 1.68. The summed E-state index contributed by atoms with van der Waals surface area (Å²) in [4.78, 5) is 10.7. The fraction of sp³-hybridized carbons (Fsp3) is 0.100. The average Bonchev–Trinajstić information content (AvgIpc) is 2.83. The highest BCUT2D eigenvalue weighted by molar-refractivity contribution is 7.80. The van der Waals surface area contributed by atoms with Crippen molar-refractivity contribution in [3.8, 4) is 0 Å². The summed E-state index contributed by atoms with van der Waals surface area (Å²) in [6.07, 6.45) is -3.85. The first kappa shape index (κ1) is 14.3. The van der Waals surface area contributed by atoms with Gasteiger partial charge in [-0.1, -0.05) is 5.10 Å². The molecule has 1 N–H and O–H groups in total. The van der Waals surface area contributed by atoms with Gasteiger partial charge in [0.25, 0.3) is 5.91 Å². The number of aromatic nitrogens is 2. The number of anilines is 1. The van der Waals surface area contributed by atoms with E-state index in [4.69, 9.17) is 0 Å². The van der Waals surface area contributed by atoms with Crippen LogP contribution in [-0.4, -0.2) is 16.1 Å². The lowest BCUT2D eigenvalue weighted by atomic mass is 10.1. The molecule has 0 saturated carbocycles. The first-order chi connectivity index (χ1) is 9.30. The molecule has 0 bridgehead atoms. The van der Waals surface area contributed by atoms with Crippen LogP contribution in [0.3, 0.4) is 0 Å². The first-order valence-corrected chi connectivity index (χ1v) is 5.41. The van der Waals surface area contributed by atoms with Crippen LogP contribution >= 0.6 is 12.6 Å². The summed E-state index contributed by atoms with van der Waals surface area (Å²) in [5, 5.41) is 8.62. The minimum absolute atomic E-state index is 0.310. The number of carbonyl (C=O) groups is 1. The van der Waals surface area contributed by atoms with Gasteiger partial charge in [0.1, 0.15) is 5.82 Å². The van der Waals surface area contributed by atoms with Crippen LogP contribution in [0.25, 0.3) is 0 Å². The van der Waals surface area contributed by atoms with Gasteiger partial charge < -0.3 is 4.42 Å². The minimum atomic E-state index is -4.76. The van der Waals surface area contributed by atoms with Crippen molar-refractivity contribution in [3.05, 3.63) is 35.5 Å². The van der Waals surface area contributed by atoms with E-state index in [9.17, 15) is 22.4 Å². The maximum absolute atomic E-state index is 13.8. The lowest BCUT2D eigenvalue weighted by Gasteiger charge is -2.12. The summed E-state index contributed by atoms with van der Waals surface area (Å²) in [6.45, 7) is 0. The molecule has 1 amide bonds. The number of rotatable bonds is 2. The molecule has 0 aliphatic carbocycles. The molecule has 5 nitrogen and oxygen atoms in total. The van der Waals surface area contributed by atoms with Crippen LogP contribution in [0.5, 0.6) is 0 Å². The normalized spacial score (nSPS) is 11.4. The quantitative estimate of drug-likeness (QED) is 0.661. The molecule has 20 heavy (non-hydrogen) atoms. The maximum Gasteiger partial charge on any atom is 0.417 e. The average molecular weight is 307 g/mol. The molecule has 0 radical (unpaired) electrons. The largest absolute Gasteiger partial charge is 0.417 e. The Labute approximate surface area is 114 Å². The van der Waals surface area contributed by atoms with Gasteiger partial charge in [-0.05, 0) is 12.1 Å². The Morgan fingerprint density at radius 3 is 2.60 bits per heavy atom.